The zero-order valence-electron chi connectivity index (χ0n) is 16.2. The van der Waals surface area contributed by atoms with Crippen LogP contribution in [-0.2, 0) is 0 Å². The van der Waals surface area contributed by atoms with E-state index in [-0.39, 0.29) is 5.91 Å². The smallest absolute Gasteiger partial charge is 0.260 e. The zero-order valence-corrected chi connectivity index (χ0v) is 18.6. The van der Waals surface area contributed by atoms with E-state index in [9.17, 15) is 4.79 Å². The second-order valence-corrected chi connectivity index (χ2v) is 8.30. The van der Waals surface area contributed by atoms with Crippen molar-refractivity contribution in [3.8, 4) is 11.5 Å². The van der Waals surface area contributed by atoms with Gasteiger partial charge >= 0.3 is 0 Å². The number of benzene rings is 2. The molecule has 148 valence electrons. The van der Waals surface area contributed by atoms with Crippen LogP contribution in [0.15, 0.2) is 40.9 Å². The quantitative estimate of drug-likeness (QED) is 0.523. The number of carbonyl (C=O) groups is 1. The average molecular weight is 464 g/mol. The van der Waals surface area contributed by atoms with Crippen LogP contribution in [0.4, 0.5) is 5.13 Å². The van der Waals surface area contributed by atoms with E-state index in [1.807, 2.05) is 55.4 Å². The van der Waals surface area contributed by atoms with Crippen molar-refractivity contribution >= 4 is 48.5 Å². The van der Waals surface area contributed by atoms with Gasteiger partial charge in [0.05, 0.1) is 14.2 Å². The highest BCUT2D eigenvalue weighted by Crippen LogP contribution is 2.40. The van der Waals surface area contributed by atoms with Crippen LogP contribution in [-0.4, -0.2) is 57.2 Å². The number of likely N-dealkylation sites (N-methyl/N-ethyl adjacent to an activating group) is 1. The second-order valence-electron chi connectivity index (χ2n) is 6.41. The summed E-state index contributed by atoms with van der Waals surface area (Å²) in [6.07, 6.45) is 0. The number of carbonyl (C=O) groups excluding carboxylic acids is 1. The maximum absolute atomic E-state index is 13.3. The van der Waals surface area contributed by atoms with E-state index in [1.54, 1.807) is 19.1 Å². The number of ether oxygens (including phenoxy) is 2. The van der Waals surface area contributed by atoms with Gasteiger partial charge in [-0.15, -0.1) is 0 Å². The van der Waals surface area contributed by atoms with Crippen LogP contribution in [0.3, 0.4) is 0 Å². The Hall–Kier alpha value is -2.16. The summed E-state index contributed by atoms with van der Waals surface area (Å²) >= 11 is 4.84. The minimum atomic E-state index is -0.0914. The average Bonchev–Trinajstić information content (AvgIpc) is 3.12. The highest BCUT2D eigenvalue weighted by Gasteiger charge is 2.23. The summed E-state index contributed by atoms with van der Waals surface area (Å²) in [7, 11) is 7.19. The monoisotopic (exact) mass is 463 g/mol. The first-order valence-electron chi connectivity index (χ1n) is 8.68. The van der Waals surface area contributed by atoms with Crippen LogP contribution in [0.1, 0.15) is 10.4 Å². The Balaban J connectivity index is 2.06. The highest BCUT2D eigenvalue weighted by molar-refractivity contribution is 9.10. The fraction of sp³-hybridized carbons (Fsp3) is 0.300. The molecule has 0 spiro atoms. The molecule has 0 bridgehead atoms. The third kappa shape index (κ3) is 4.29. The largest absolute Gasteiger partial charge is 0.495 e. The number of hydrogen-bond donors (Lipinski definition) is 0. The SMILES string of the molecule is COc1ccc(OC)c2sc(N(CCN(C)C)C(=O)c3ccc(Br)cc3)nc12. The molecule has 0 aliphatic rings. The molecule has 0 atom stereocenters. The summed E-state index contributed by atoms with van der Waals surface area (Å²) in [6, 6.07) is 11.0. The van der Waals surface area contributed by atoms with Gasteiger partial charge in [0.2, 0.25) is 0 Å². The van der Waals surface area contributed by atoms with Crippen molar-refractivity contribution in [1.82, 2.24) is 9.88 Å². The van der Waals surface area contributed by atoms with E-state index < -0.39 is 0 Å². The van der Waals surface area contributed by atoms with Crippen molar-refractivity contribution in [2.45, 2.75) is 0 Å². The van der Waals surface area contributed by atoms with Crippen LogP contribution in [0, 0.1) is 0 Å². The number of nitrogens with zero attached hydrogens (tertiary/aromatic N) is 3. The van der Waals surface area contributed by atoms with Gasteiger partial charge in [0.1, 0.15) is 21.7 Å². The van der Waals surface area contributed by atoms with E-state index in [1.165, 1.54) is 11.3 Å². The van der Waals surface area contributed by atoms with Crippen molar-refractivity contribution in [3.63, 3.8) is 0 Å². The molecule has 0 N–H and O–H groups in total. The summed E-state index contributed by atoms with van der Waals surface area (Å²) in [5, 5.41) is 0.618. The van der Waals surface area contributed by atoms with Gasteiger partial charge in [-0.2, -0.15) is 0 Å². The van der Waals surface area contributed by atoms with Crippen molar-refractivity contribution in [2.75, 3.05) is 46.3 Å². The fourth-order valence-corrected chi connectivity index (χ4v) is 4.09. The number of thiazole rings is 1. The topological polar surface area (TPSA) is 54.9 Å². The van der Waals surface area contributed by atoms with Gasteiger partial charge in [-0.05, 0) is 50.5 Å². The van der Waals surface area contributed by atoms with Gasteiger partial charge in [0.25, 0.3) is 5.91 Å². The molecular formula is C20H22BrN3O3S. The van der Waals surface area contributed by atoms with Crippen LogP contribution in [0.5, 0.6) is 11.5 Å². The van der Waals surface area contributed by atoms with Crippen LogP contribution < -0.4 is 14.4 Å². The number of rotatable bonds is 7. The van der Waals surface area contributed by atoms with E-state index >= 15 is 0 Å². The highest BCUT2D eigenvalue weighted by atomic mass is 79.9. The predicted molar refractivity (Wildman–Crippen MR) is 117 cm³/mol. The Morgan fingerprint density at radius 1 is 1.04 bits per heavy atom. The molecule has 6 nitrogen and oxygen atoms in total. The maximum atomic E-state index is 13.3. The van der Waals surface area contributed by atoms with Crippen LogP contribution in [0.25, 0.3) is 10.2 Å². The number of hydrogen-bond acceptors (Lipinski definition) is 6. The van der Waals surface area contributed by atoms with Crippen molar-refractivity contribution < 1.29 is 14.3 Å². The number of amides is 1. The summed E-state index contributed by atoms with van der Waals surface area (Å²) in [5.74, 6) is 1.27. The molecule has 8 heteroatoms. The van der Waals surface area contributed by atoms with Crippen molar-refractivity contribution in [1.29, 1.82) is 0 Å². The molecule has 1 heterocycles. The Morgan fingerprint density at radius 3 is 2.29 bits per heavy atom. The molecular weight excluding hydrogens is 442 g/mol. The van der Waals surface area contributed by atoms with Gasteiger partial charge in [-0.1, -0.05) is 27.3 Å². The zero-order chi connectivity index (χ0) is 20.3. The number of anilines is 1. The molecule has 0 unspecified atom stereocenters. The normalized spacial score (nSPS) is 11.1. The van der Waals surface area contributed by atoms with E-state index in [4.69, 9.17) is 14.5 Å². The van der Waals surface area contributed by atoms with Gasteiger partial charge in [-0.25, -0.2) is 4.98 Å². The molecule has 3 aromatic rings. The predicted octanol–water partition coefficient (Wildman–Crippen LogP) is 4.28. The minimum Gasteiger partial charge on any atom is -0.495 e. The Morgan fingerprint density at radius 2 is 1.68 bits per heavy atom. The molecule has 0 fully saturated rings. The lowest BCUT2D eigenvalue weighted by atomic mass is 10.2. The minimum absolute atomic E-state index is 0.0914. The summed E-state index contributed by atoms with van der Waals surface area (Å²) in [4.78, 5) is 21.7. The summed E-state index contributed by atoms with van der Waals surface area (Å²) in [5.41, 5.74) is 1.31. The molecule has 28 heavy (non-hydrogen) atoms. The second kappa shape index (κ2) is 8.89. The number of fused-ring (bicyclic) bond motifs is 1. The number of aromatic nitrogens is 1. The molecule has 0 aliphatic heterocycles. The third-order valence-corrected chi connectivity index (χ3v) is 5.86. The van der Waals surface area contributed by atoms with Gasteiger partial charge < -0.3 is 14.4 Å². The van der Waals surface area contributed by atoms with E-state index in [0.717, 1.165) is 9.17 Å². The van der Waals surface area contributed by atoms with Gasteiger partial charge in [-0.3, -0.25) is 9.69 Å². The van der Waals surface area contributed by atoms with Crippen LogP contribution >= 0.6 is 27.3 Å². The molecule has 3 rings (SSSR count). The summed E-state index contributed by atoms with van der Waals surface area (Å²) in [6.45, 7) is 1.23. The van der Waals surface area contributed by atoms with Crippen LogP contribution in [0.2, 0.25) is 0 Å². The number of methoxy groups -OCH3 is 2. The lowest BCUT2D eigenvalue weighted by Crippen LogP contribution is -2.36. The van der Waals surface area contributed by atoms with Gasteiger partial charge in [0.15, 0.2) is 5.13 Å². The molecule has 0 saturated carbocycles. The van der Waals surface area contributed by atoms with E-state index in [0.29, 0.717) is 40.8 Å². The Bertz CT molecular complexity index is 932. The third-order valence-electron chi connectivity index (χ3n) is 4.24. The molecule has 0 saturated heterocycles. The first-order chi connectivity index (χ1) is 13.4. The lowest BCUT2D eigenvalue weighted by Gasteiger charge is -2.22. The molecule has 1 amide bonds. The van der Waals surface area contributed by atoms with Crippen molar-refractivity contribution in [2.24, 2.45) is 0 Å². The van der Waals surface area contributed by atoms with Crippen molar-refractivity contribution in [3.05, 3.63) is 46.4 Å². The number of halogens is 1. The Kier molecular flexibility index (Phi) is 6.53. The fourth-order valence-electron chi connectivity index (χ4n) is 2.72. The molecule has 1 aromatic heterocycles. The lowest BCUT2D eigenvalue weighted by molar-refractivity contribution is 0.0985. The first-order valence-corrected chi connectivity index (χ1v) is 10.3. The maximum Gasteiger partial charge on any atom is 0.260 e. The van der Waals surface area contributed by atoms with Gasteiger partial charge in [0, 0.05) is 23.1 Å². The standard InChI is InChI=1S/C20H22BrN3O3S/c1-23(2)11-12-24(19(25)13-5-7-14(21)8-6-13)20-22-17-15(26-3)9-10-16(27-4)18(17)28-20/h5-10H,11-12H2,1-4H3. The molecule has 0 radical (unpaired) electrons. The molecule has 0 aliphatic carbocycles. The first kappa shape index (κ1) is 20.6. The summed E-state index contributed by atoms with van der Waals surface area (Å²) < 4.78 is 12.7. The molecule has 2 aromatic carbocycles. The van der Waals surface area contributed by atoms with E-state index in [2.05, 4.69) is 15.9 Å². The Labute approximate surface area is 176 Å².